The lowest BCUT2D eigenvalue weighted by Gasteiger charge is -2.23. The van der Waals surface area contributed by atoms with E-state index in [2.05, 4.69) is 10.6 Å². The van der Waals surface area contributed by atoms with Crippen molar-refractivity contribution >= 4 is 5.91 Å². The van der Waals surface area contributed by atoms with Crippen LogP contribution in [-0.4, -0.2) is 25.0 Å². The summed E-state index contributed by atoms with van der Waals surface area (Å²) in [6.07, 6.45) is 1.91. The molecule has 1 aliphatic heterocycles. The van der Waals surface area contributed by atoms with Gasteiger partial charge in [0.15, 0.2) is 11.6 Å². The third kappa shape index (κ3) is 3.00. The van der Waals surface area contributed by atoms with Crippen LogP contribution < -0.4 is 10.6 Å². The Hall–Kier alpha value is -1.49. The highest BCUT2D eigenvalue weighted by Gasteiger charge is 2.17. The highest BCUT2D eigenvalue weighted by atomic mass is 19.2. The van der Waals surface area contributed by atoms with Crippen LogP contribution in [0.2, 0.25) is 0 Å². The van der Waals surface area contributed by atoms with E-state index in [4.69, 9.17) is 0 Å². The average Bonchev–Trinajstić information content (AvgIpc) is 2.34. The van der Waals surface area contributed by atoms with Crippen molar-refractivity contribution in [2.24, 2.45) is 0 Å². The molecule has 1 aliphatic rings. The normalized spacial score (nSPS) is 20.0. The van der Waals surface area contributed by atoms with Crippen molar-refractivity contribution in [3.63, 3.8) is 0 Å². The molecule has 2 N–H and O–H groups in total. The van der Waals surface area contributed by atoms with Gasteiger partial charge < -0.3 is 10.6 Å². The van der Waals surface area contributed by atoms with E-state index in [1.54, 1.807) is 0 Å². The molecule has 1 aromatic carbocycles. The number of benzene rings is 1. The minimum atomic E-state index is -1.00. The molecule has 1 aromatic rings. The summed E-state index contributed by atoms with van der Waals surface area (Å²) in [7, 11) is 0. The average molecular weight is 240 g/mol. The first-order chi connectivity index (χ1) is 8.16. The Bertz CT molecular complexity index is 417. The lowest BCUT2D eigenvalue weighted by Crippen LogP contribution is -2.45. The van der Waals surface area contributed by atoms with Crippen molar-refractivity contribution in [1.82, 2.24) is 10.6 Å². The van der Waals surface area contributed by atoms with Gasteiger partial charge in [-0.15, -0.1) is 0 Å². The van der Waals surface area contributed by atoms with E-state index in [0.29, 0.717) is 0 Å². The van der Waals surface area contributed by atoms with Gasteiger partial charge in [0, 0.05) is 18.2 Å². The fourth-order valence-electron chi connectivity index (χ4n) is 1.88. The topological polar surface area (TPSA) is 41.1 Å². The highest BCUT2D eigenvalue weighted by Crippen LogP contribution is 2.09. The monoisotopic (exact) mass is 240 g/mol. The van der Waals surface area contributed by atoms with Crippen LogP contribution in [0.3, 0.4) is 0 Å². The van der Waals surface area contributed by atoms with Crippen molar-refractivity contribution in [2.75, 3.05) is 13.1 Å². The molecular weight excluding hydrogens is 226 g/mol. The fourth-order valence-corrected chi connectivity index (χ4v) is 1.88. The molecule has 0 saturated carbocycles. The number of amides is 1. The fraction of sp³-hybridized carbons (Fsp3) is 0.417. The Morgan fingerprint density at radius 1 is 1.35 bits per heavy atom. The quantitative estimate of drug-likeness (QED) is 0.821. The van der Waals surface area contributed by atoms with Crippen LogP contribution in [0.4, 0.5) is 8.78 Å². The SMILES string of the molecule is O=C(N[C@H]1CCCNC1)c1ccc(F)c(F)c1. The molecule has 0 unspecified atom stereocenters. The molecule has 2 rings (SSSR count). The van der Waals surface area contributed by atoms with Gasteiger partial charge in [0.05, 0.1) is 0 Å². The molecule has 3 nitrogen and oxygen atoms in total. The van der Waals surface area contributed by atoms with Gasteiger partial charge in [-0.3, -0.25) is 4.79 Å². The van der Waals surface area contributed by atoms with E-state index in [0.717, 1.165) is 38.1 Å². The summed E-state index contributed by atoms with van der Waals surface area (Å²) in [6.45, 7) is 1.67. The maximum atomic E-state index is 13.0. The molecule has 92 valence electrons. The third-order valence-corrected chi connectivity index (χ3v) is 2.81. The van der Waals surface area contributed by atoms with E-state index in [9.17, 15) is 13.6 Å². The molecule has 0 spiro atoms. The number of rotatable bonds is 2. The summed E-state index contributed by atoms with van der Waals surface area (Å²) in [4.78, 5) is 11.7. The number of hydrogen-bond donors (Lipinski definition) is 2. The second-order valence-corrected chi connectivity index (χ2v) is 4.15. The lowest BCUT2D eigenvalue weighted by molar-refractivity contribution is 0.0930. The lowest BCUT2D eigenvalue weighted by atomic mass is 10.1. The first-order valence-corrected chi connectivity index (χ1v) is 5.63. The van der Waals surface area contributed by atoms with Crippen LogP contribution in [0.15, 0.2) is 18.2 Å². The molecule has 1 heterocycles. The van der Waals surface area contributed by atoms with Crippen molar-refractivity contribution in [3.05, 3.63) is 35.4 Å². The number of carbonyl (C=O) groups excluding carboxylic acids is 1. The predicted octanol–water partition coefficient (Wildman–Crippen LogP) is 1.45. The first-order valence-electron chi connectivity index (χ1n) is 5.63. The standard InChI is InChI=1S/C12H14F2N2O/c13-10-4-3-8(6-11(10)14)12(17)16-9-2-1-5-15-7-9/h3-4,6,9,15H,1-2,5,7H2,(H,16,17)/t9-/m0/s1. The summed E-state index contributed by atoms with van der Waals surface area (Å²) in [5.74, 6) is -2.31. The molecule has 0 radical (unpaired) electrons. The molecule has 0 aromatic heterocycles. The number of hydrogen-bond acceptors (Lipinski definition) is 2. The van der Waals surface area contributed by atoms with Crippen LogP contribution in [-0.2, 0) is 0 Å². The summed E-state index contributed by atoms with van der Waals surface area (Å²) < 4.78 is 25.7. The Kier molecular flexibility index (Phi) is 3.68. The predicted molar refractivity (Wildman–Crippen MR) is 59.7 cm³/mol. The van der Waals surface area contributed by atoms with Crippen molar-refractivity contribution in [1.29, 1.82) is 0 Å². The zero-order chi connectivity index (χ0) is 12.3. The van der Waals surface area contributed by atoms with Gasteiger partial charge in [-0.2, -0.15) is 0 Å². The minimum absolute atomic E-state index is 0.0596. The van der Waals surface area contributed by atoms with E-state index in [-0.39, 0.29) is 17.5 Å². The van der Waals surface area contributed by atoms with Crippen LogP contribution in [0.1, 0.15) is 23.2 Å². The van der Waals surface area contributed by atoms with Crippen LogP contribution in [0.25, 0.3) is 0 Å². The van der Waals surface area contributed by atoms with Gasteiger partial charge in [0.1, 0.15) is 0 Å². The van der Waals surface area contributed by atoms with Gasteiger partial charge in [0.25, 0.3) is 5.91 Å². The molecular formula is C12H14F2N2O. The van der Waals surface area contributed by atoms with Gasteiger partial charge in [-0.05, 0) is 37.6 Å². The number of carbonyl (C=O) groups is 1. The molecule has 0 aliphatic carbocycles. The van der Waals surface area contributed by atoms with E-state index >= 15 is 0 Å². The molecule has 0 bridgehead atoms. The number of halogens is 2. The van der Waals surface area contributed by atoms with E-state index in [1.807, 2.05) is 0 Å². The van der Waals surface area contributed by atoms with Gasteiger partial charge >= 0.3 is 0 Å². The smallest absolute Gasteiger partial charge is 0.251 e. The van der Waals surface area contributed by atoms with Crippen LogP contribution in [0.5, 0.6) is 0 Å². The number of piperidine rings is 1. The van der Waals surface area contributed by atoms with E-state index < -0.39 is 11.6 Å². The highest BCUT2D eigenvalue weighted by molar-refractivity contribution is 5.94. The Morgan fingerprint density at radius 3 is 2.82 bits per heavy atom. The van der Waals surface area contributed by atoms with Gasteiger partial charge in [-0.1, -0.05) is 0 Å². The van der Waals surface area contributed by atoms with Gasteiger partial charge in [0.2, 0.25) is 0 Å². The molecule has 1 atom stereocenters. The second kappa shape index (κ2) is 5.23. The van der Waals surface area contributed by atoms with Crippen molar-refractivity contribution in [3.8, 4) is 0 Å². The zero-order valence-corrected chi connectivity index (χ0v) is 9.30. The largest absolute Gasteiger partial charge is 0.348 e. The second-order valence-electron chi connectivity index (χ2n) is 4.15. The Morgan fingerprint density at radius 2 is 2.18 bits per heavy atom. The van der Waals surface area contributed by atoms with Crippen molar-refractivity contribution < 1.29 is 13.6 Å². The van der Waals surface area contributed by atoms with Crippen LogP contribution >= 0.6 is 0 Å². The first kappa shape index (κ1) is 12.0. The van der Waals surface area contributed by atoms with Crippen LogP contribution in [0, 0.1) is 11.6 Å². The molecule has 5 heteroatoms. The molecule has 17 heavy (non-hydrogen) atoms. The summed E-state index contributed by atoms with van der Waals surface area (Å²) in [5, 5.41) is 5.95. The third-order valence-electron chi connectivity index (χ3n) is 2.81. The minimum Gasteiger partial charge on any atom is -0.348 e. The Balaban J connectivity index is 2.01. The summed E-state index contributed by atoms with van der Waals surface area (Å²) in [6, 6.07) is 3.22. The maximum absolute atomic E-state index is 13.0. The van der Waals surface area contributed by atoms with Gasteiger partial charge in [-0.25, -0.2) is 8.78 Å². The molecule has 1 fully saturated rings. The Labute approximate surface area is 98.2 Å². The summed E-state index contributed by atoms with van der Waals surface area (Å²) in [5.41, 5.74) is 0.148. The van der Waals surface area contributed by atoms with Crippen molar-refractivity contribution in [2.45, 2.75) is 18.9 Å². The zero-order valence-electron chi connectivity index (χ0n) is 9.30. The van der Waals surface area contributed by atoms with E-state index in [1.165, 1.54) is 6.07 Å². The molecule has 1 saturated heterocycles. The number of nitrogens with one attached hydrogen (secondary N) is 2. The maximum Gasteiger partial charge on any atom is 0.251 e. The molecule has 1 amide bonds. The summed E-state index contributed by atoms with van der Waals surface area (Å²) >= 11 is 0.